The lowest BCUT2D eigenvalue weighted by atomic mass is 10.4. The van der Waals surface area contributed by atoms with E-state index in [0.717, 1.165) is 0 Å². The van der Waals surface area contributed by atoms with Gasteiger partial charge in [0.1, 0.15) is 4.47 Å². The van der Waals surface area contributed by atoms with Gasteiger partial charge in [-0.2, -0.15) is 0 Å². The second-order valence-corrected chi connectivity index (χ2v) is 5.27. The van der Waals surface area contributed by atoms with E-state index in [4.69, 9.17) is 0 Å². The quantitative estimate of drug-likeness (QED) is 0.818. The first-order valence-corrected chi connectivity index (χ1v) is 6.56. The zero-order valence-electron chi connectivity index (χ0n) is 7.99. The van der Waals surface area contributed by atoms with Crippen LogP contribution in [0.3, 0.4) is 0 Å². The van der Waals surface area contributed by atoms with Gasteiger partial charge in [0, 0.05) is 29.4 Å². The number of aryl methyl sites for hydroxylation is 2. The number of halogens is 1. The molecule has 14 heavy (non-hydrogen) atoms. The van der Waals surface area contributed by atoms with Gasteiger partial charge in [0.05, 0.1) is 12.0 Å². The molecule has 1 unspecified atom stereocenters. The number of aromatic nitrogens is 2. The lowest BCUT2D eigenvalue weighted by molar-refractivity contribution is 0.665. The molecule has 78 valence electrons. The summed E-state index contributed by atoms with van der Waals surface area (Å²) in [6, 6.07) is 0. The van der Waals surface area contributed by atoms with Gasteiger partial charge in [-0.3, -0.25) is 13.6 Å². The van der Waals surface area contributed by atoms with Gasteiger partial charge in [0.25, 0.3) is 5.56 Å². The molecular formula is C8H11BrN2O2S. The number of hydrogen-bond acceptors (Lipinski definition) is 3. The van der Waals surface area contributed by atoms with Crippen molar-refractivity contribution in [2.45, 2.75) is 13.5 Å². The second kappa shape index (κ2) is 4.84. The van der Waals surface area contributed by atoms with Crippen molar-refractivity contribution in [2.75, 3.05) is 12.0 Å². The van der Waals surface area contributed by atoms with Crippen molar-refractivity contribution >= 4 is 26.7 Å². The molecule has 0 amide bonds. The van der Waals surface area contributed by atoms with Gasteiger partial charge in [-0.1, -0.05) is 0 Å². The van der Waals surface area contributed by atoms with Crippen LogP contribution in [0, 0.1) is 6.92 Å². The molecule has 1 atom stereocenters. The van der Waals surface area contributed by atoms with Crippen LogP contribution in [-0.2, 0) is 17.3 Å². The molecule has 0 aliphatic rings. The van der Waals surface area contributed by atoms with Crippen LogP contribution >= 0.6 is 15.9 Å². The van der Waals surface area contributed by atoms with Crippen molar-refractivity contribution in [1.29, 1.82) is 0 Å². The molecule has 1 heterocycles. The Labute approximate surface area is 92.9 Å². The van der Waals surface area contributed by atoms with E-state index in [2.05, 4.69) is 20.9 Å². The maximum absolute atomic E-state index is 11.6. The summed E-state index contributed by atoms with van der Waals surface area (Å²) in [5, 5.41) is 0. The van der Waals surface area contributed by atoms with Crippen LogP contribution in [0.25, 0.3) is 0 Å². The molecule has 0 bridgehead atoms. The number of nitrogens with zero attached hydrogens (tertiary/aromatic N) is 2. The fraction of sp³-hybridized carbons (Fsp3) is 0.500. The lowest BCUT2D eigenvalue weighted by Crippen LogP contribution is -2.24. The molecule has 1 aromatic rings. The van der Waals surface area contributed by atoms with Crippen LogP contribution in [0.5, 0.6) is 0 Å². The largest absolute Gasteiger partial charge is 0.297 e. The predicted octanol–water partition coefficient (Wildman–Crippen LogP) is 0.693. The Balaban J connectivity index is 2.95. The Hall–Kier alpha value is -0.490. The van der Waals surface area contributed by atoms with Gasteiger partial charge in [-0.05, 0) is 22.9 Å². The maximum Gasteiger partial charge on any atom is 0.267 e. The SMILES string of the molecule is Cc1ncn(CCS(C)=O)c(=O)c1Br. The van der Waals surface area contributed by atoms with E-state index in [-0.39, 0.29) is 5.56 Å². The van der Waals surface area contributed by atoms with Gasteiger partial charge < -0.3 is 0 Å². The molecule has 4 nitrogen and oxygen atoms in total. The van der Waals surface area contributed by atoms with Crippen LogP contribution in [0.2, 0.25) is 0 Å². The van der Waals surface area contributed by atoms with E-state index >= 15 is 0 Å². The Bertz CT molecular complexity index is 416. The van der Waals surface area contributed by atoms with E-state index < -0.39 is 10.8 Å². The van der Waals surface area contributed by atoms with Gasteiger partial charge in [-0.25, -0.2) is 4.98 Å². The summed E-state index contributed by atoms with van der Waals surface area (Å²) in [6.45, 7) is 2.20. The van der Waals surface area contributed by atoms with E-state index in [0.29, 0.717) is 22.5 Å². The summed E-state index contributed by atoms with van der Waals surface area (Å²) in [6.07, 6.45) is 3.09. The third-order valence-corrected chi connectivity index (χ3v) is 3.45. The fourth-order valence-electron chi connectivity index (χ4n) is 0.932. The summed E-state index contributed by atoms with van der Waals surface area (Å²) >= 11 is 3.17. The highest BCUT2D eigenvalue weighted by Crippen LogP contribution is 2.05. The van der Waals surface area contributed by atoms with Crippen LogP contribution in [0.4, 0.5) is 0 Å². The van der Waals surface area contributed by atoms with Crippen molar-refractivity contribution in [3.8, 4) is 0 Å². The first kappa shape index (κ1) is 11.6. The molecule has 1 aromatic heterocycles. The zero-order chi connectivity index (χ0) is 10.7. The Kier molecular flexibility index (Phi) is 4.00. The highest BCUT2D eigenvalue weighted by atomic mass is 79.9. The monoisotopic (exact) mass is 278 g/mol. The van der Waals surface area contributed by atoms with E-state index in [9.17, 15) is 9.00 Å². The molecule has 0 aliphatic carbocycles. The number of hydrogen-bond donors (Lipinski definition) is 0. The minimum absolute atomic E-state index is 0.122. The molecule has 0 saturated carbocycles. The van der Waals surface area contributed by atoms with Crippen LogP contribution in [0.15, 0.2) is 15.6 Å². The molecular weight excluding hydrogens is 268 g/mol. The van der Waals surface area contributed by atoms with Crippen molar-refractivity contribution in [3.05, 3.63) is 26.8 Å². The molecule has 6 heteroatoms. The smallest absolute Gasteiger partial charge is 0.267 e. The molecule has 0 aliphatic heterocycles. The molecule has 0 spiro atoms. The zero-order valence-corrected chi connectivity index (χ0v) is 10.4. The Morgan fingerprint density at radius 2 is 2.29 bits per heavy atom. The average molecular weight is 279 g/mol. The van der Waals surface area contributed by atoms with Gasteiger partial charge in [-0.15, -0.1) is 0 Å². The van der Waals surface area contributed by atoms with Crippen molar-refractivity contribution < 1.29 is 4.21 Å². The van der Waals surface area contributed by atoms with Crippen LogP contribution in [0.1, 0.15) is 5.69 Å². The lowest BCUT2D eigenvalue weighted by Gasteiger charge is -2.04. The van der Waals surface area contributed by atoms with Crippen molar-refractivity contribution in [3.63, 3.8) is 0 Å². The molecule has 0 N–H and O–H groups in total. The summed E-state index contributed by atoms with van der Waals surface area (Å²) in [7, 11) is -0.889. The second-order valence-electron chi connectivity index (χ2n) is 2.92. The molecule has 1 rings (SSSR count). The molecule has 0 radical (unpaired) electrons. The van der Waals surface area contributed by atoms with E-state index in [1.54, 1.807) is 13.2 Å². The Morgan fingerprint density at radius 3 is 2.86 bits per heavy atom. The van der Waals surface area contributed by atoms with Gasteiger partial charge >= 0.3 is 0 Å². The van der Waals surface area contributed by atoms with Crippen LogP contribution < -0.4 is 5.56 Å². The van der Waals surface area contributed by atoms with Crippen LogP contribution in [-0.4, -0.2) is 25.8 Å². The topological polar surface area (TPSA) is 52.0 Å². The highest BCUT2D eigenvalue weighted by molar-refractivity contribution is 9.10. The molecule has 0 saturated heterocycles. The third-order valence-electron chi connectivity index (χ3n) is 1.78. The standard InChI is InChI=1S/C8H11BrN2O2S/c1-6-7(9)8(12)11(5-10-6)3-4-14(2)13/h5H,3-4H2,1-2H3. The van der Waals surface area contributed by atoms with E-state index in [1.165, 1.54) is 10.9 Å². The average Bonchev–Trinajstić information content (AvgIpc) is 2.13. The first-order valence-electron chi connectivity index (χ1n) is 4.04. The van der Waals surface area contributed by atoms with E-state index in [1.807, 2.05) is 0 Å². The number of rotatable bonds is 3. The summed E-state index contributed by atoms with van der Waals surface area (Å²) in [5.41, 5.74) is 0.548. The minimum Gasteiger partial charge on any atom is -0.297 e. The third kappa shape index (κ3) is 2.75. The summed E-state index contributed by atoms with van der Waals surface area (Å²) < 4.78 is 12.8. The fourth-order valence-corrected chi connectivity index (χ4v) is 1.72. The highest BCUT2D eigenvalue weighted by Gasteiger charge is 2.05. The van der Waals surface area contributed by atoms with Crippen molar-refractivity contribution in [1.82, 2.24) is 9.55 Å². The molecule has 0 aromatic carbocycles. The normalized spacial score (nSPS) is 12.8. The summed E-state index contributed by atoms with van der Waals surface area (Å²) in [5.74, 6) is 0.469. The minimum atomic E-state index is -0.889. The first-order chi connectivity index (χ1) is 6.52. The molecule has 0 fully saturated rings. The van der Waals surface area contributed by atoms with Gasteiger partial charge in [0.15, 0.2) is 0 Å². The van der Waals surface area contributed by atoms with Gasteiger partial charge in [0.2, 0.25) is 0 Å². The van der Waals surface area contributed by atoms with Crippen molar-refractivity contribution in [2.24, 2.45) is 0 Å². The predicted molar refractivity (Wildman–Crippen MR) is 59.9 cm³/mol. The summed E-state index contributed by atoms with van der Waals surface area (Å²) in [4.78, 5) is 15.6. The maximum atomic E-state index is 11.6. The Morgan fingerprint density at radius 1 is 1.64 bits per heavy atom.